The van der Waals surface area contributed by atoms with E-state index in [1.54, 1.807) is 23.1 Å². The zero-order chi connectivity index (χ0) is 19.9. The number of rotatable bonds is 7. The third-order valence-electron chi connectivity index (χ3n) is 5.41. The Kier molecular flexibility index (Phi) is 7.15. The summed E-state index contributed by atoms with van der Waals surface area (Å²) in [6, 6.07) is 11.1. The molecule has 1 heterocycles. The topological polar surface area (TPSA) is 40.5 Å². The van der Waals surface area contributed by atoms with Gasteiger partial charge in [-0.25, -0.2) is 8.78 Å². The van der Waals surface area contributed by atoms with Crippen molar-refractivity contribution >= 4 is 11.6 Å². The predicted octanol–water partition coefficient (Wildman–Crippen LogP) is 5.17. The highest BCUT2D eigenvalue weighted by Gasteiger charge is 2.27. The van der Waals surface area contributed by atoms with Crippen molar-refractivity contribution in [1.29, 1.82) is 0 Å². The number of benzene rings is 2. The third kappa shape index (κ3) is 4.96. The maximum Gasteiger partial charge on any atom is 0.226 e. The van der Waals surface area contributed by atoms with Crippen LogP contribution in [0.25, 0.3) is 0 Å². The van der Waals surface area contributed by atoms with Crippen LogP contribution in [0.3, 0.4) is 0 Å². The fourth-order valence-electron chi connectivity index (χ4n) is 3.95. The lowest BCUT2D eigenvalue weighted by Crippen LogP contribution is -2.31. The first kappa shape index (κ1) is 20.5. The number of hydrogen-bond donors (Lipinski definition) is 1. The number of amides is 1. The molecule has 2 aromatic rings. The SMILES string of the molecule is O=C(CCCCCCO)N1CCCC(c2ccc(F)cc2)c2ccc(F)cc21. The molecule has 1 aliphatic heterocycles. The Morgan fingerprint density at radius 1 is 1.00 bits per heavy atom. The summed E-state index contributed by atoms with van der Waals surface area (Å²) in [6.45, 7) is 0.737. The molecule has 0 aliphatic carbocycles. The number of fused-ring (bicyclic) bond motifs is 1. The van der Waals surface area contributed by atoms with Crippen LogP contribution in [0, 0.1) is 11.6 Å². The molecule has 150 valence electrons. The first-order valence-corrected chi connectivity index (χ1v) is 10.1. The number of halogens is 2. The molecule has 1 unspecified atom stereocenters. The summed E-state index contributed by atoms with van der Waals surface area (Å²) in [5, 5.41) is 8.85. The summed E-state index contributed by atoms with van der Waals surface area (Å²) in [7, 11) is 0. The summed E-state index contributed by atoms with van der Waals surface area (Å²) >= 11 is 0. The molecule has 0 fully saturated rings. The Morgan fingerprint density at radius 2 is 1.71 bits per heavy atom. The van der Waals surface area contributed by atoms with E-state index in [4.69, 9.17) is 5.11 Å². The Balaban J connectivity index is 1.82. The second-order valence-corrected chi connectivity index (χ2v) is 7.38. The van der Waals surface area contributed by atoms with E-state index in [-0.39, 0.29) is 30.1 Å². The van der Waals surface area contributed by atoms with E-state index < -0.39 is 0 Å². The molecule has 0 saturated heterocycles. The van der Waals surface area contributed by atoms with Gasteiger partial charge in [0.15, 0.2) is 0 Å². The van der Waals surface area contributed by atoms with Crippen LogP contribution in [0.5, 0.6) is 0 Å². The van der Waals surface area contributed by atoms with Crippen molar-refractivity contribution in [2.75, 3.05) is 18.1 Å². The van der Waals surface area contributed by atoms with E-state index in [0.29, 0.717) is 18.7 Å². The minimum absolute atomic E-state index is 0.00982. The zero-order valence-corrected chi connectivity index (χ0v) is 16.0. The van der Waals surface area contributed by atoms with Gasteiger partial charge < -0.3 is 10.0 Å². The van der Waals surface area contributed by atoms with Crippen LogP contribution in [0.1, 0.15) is 62.0 Å². The largest absolute Gasteiger partial charge is 0.396 e. The smallest absolute Gasteiger partial charge is 0.226 e. The molecule has 5 heteroatoms. The fraction of sp³-hybridized carbons (Fsp3) is 0.435. The highest BCUT2D eigenvalue weighted by molar-refractivity contribution is 5.94. The Labute approximate surface area is 165 Å². The standard InChI is InChI=1S/C23H27F2NO2/c24-18-10-8-17(9-11-18)20-6-5-14-26(22-16-19(25)12-13-21(20)22)23(28)7-3-1-2-4-15-27/h8-13,16,20,27H,1-7,14-15H2. The van der Waals surface area contributed by atoms with Crippen LogP contribution in [0.15, 0.2) is 42.5 Å². The highest BCUT2D eigenvalue weighted by atomic mass is 19.1. The van der Waals surface area contributed by atoms with Gasteiger partial charge in [-0.15, -0.1) is 0 Å². The van der Waals surface area contributed by atoms with Gasteiger partial charge in [-0.2, -0.15) is 0 Å². The predicted molar refractivity (Wildman–Crippen MR) is 106 cm³/mol. The zero-order valence-electron chi connectivity index (χ0n) is 16.0. The van der Waals surface area contributed by atoms with E-state index in [1.165, 1.54) is 24.3 Å². The summed E-state index contributed by atoms with van der Waals surface area (Å²) in [6.07, 6.45) is 5.37. The fourth-order valence-corrected chi connectivity index (χ4v) is 3.95. The molecule has 3 rings (SSSR count). The molecule has 1 aliphatic rings. The number of anilines is 1. The van der Waals surface area contributed by atoms with E-state index in [9.17, 15) is 13.6 Å². The van der Waals surface area contributed by atoms with E-state index in [2.05, 4.69) is 0 Å². The highest BCUT2D eigenvalue weighted by Crippen LogP contribution is 2.39. The van der Waals surface area contributed by atoms with Crippen LogP contribution in [0.4, 0.5) is 14.5 Å². The Hall–Kier alpha value is -2.27. The molecule has 3 nitrogen and oxygen atoms in total. The molecular formula is C23H27F2NO2. The van der Waals surface area contributed by atoms with Gasteiger partial charge in [-0.05, 0) is 61.1 Å². The number of unbranched alkanes of at least 4 members (excludes halogenated alkanes) is 3. The minimum atomic E-state index is -0.362. The van der Waals surface area contributed by atoms with Crippen LogP contribution >= 0.6 is 0 Å². The second-order valence-electron chi connectivity index (χ2n) is 7.38. The van der Waals surface area contributed by atoms with Crippen molar-refractivity contribution in [1.82, 2.24) is 0 Å². The van der Waals surface area contributed by atoms with Crippen molar-refractivity contribution in [3.05, 3.63) is 65.2 Å². The average molecular weight is 387 g/mol. The summed E-state index contributed by atoms with van der Waals surface area (Å²) in [5.41, 5.74) is 2.53. The lowest BCUT2D eigenvalue weighted by atomic mass is 9.87. The maximum atomic E-state index is 14.0. The number of aliphatic hydroxyl groups excluding tert-OH is 1. The van der Waals surface area contributed by atoms with Crippen LogP contribution in [-0.4, -0.2) is 24.2 Å². The third-order valence-corrected chi connectivity index (χ3v) is 5.41. The van der Waals surface area contributed by atoms with Crippen molar-refractivity contribution < 1.29 is 18.7 Å². The summed E-state index contributed by atoms with van der Waals surface area (Å²) in [4.78, 5) is 14.6. The van der Waals surface area contributed by atoms with E-state index in [0.717, 1.165) is 49.7 Å². The number of carbonyl (C=O) groups excluding carboxylic acids is 1. The maximum absolute atomic E-state index is 14.0. The molecular weight excluding hydrogens is 360 g/mol. The van der Waals surface area contributed by atoms with Gasteiger partial charge in [-0.1, -0.05) is 31.0 Å². The van der Waals surface area contributed by atoms with Gasteiger partial charge in [0.05, 0.1) is 5.69 Å². The second kappa shape index (κ2) is 9.78. The van der Waals surface area contributed by atoms with Crippen LogP contribution < -0.4 is 4.90 Å². The first-order chi connectivity index (χ1) is 13.6. The number of nitrogens with zero attached hydrogens (tertiary/aromatic N) is 1. The molecule has 0 spiro atoms. The Bertz CT molecular complexity index is 792. The molecule has 1 atom stereocenters. The molecule has 0 saturated carbocycles. The number of aliphatic hydroxyl groups is 1. The van der Waals surface area contributed by atoms with Gasteiger partial charge in [0, 0.05) is 25.5 Å². The molecule has 1 N–H and O–H groups in total. The van der Waals surface area contributed by atoms with E-state index >= 15 is 0 Å². The van der Waals surface area contributed by atoms with Crippen molar-refractivity contribution in [3.8, 4) is 0 Å². The van der Waals surface area contributed by atoms with E-state index in [1.807, 2.05) is 0 Å². The van der Waals surface area contributed by atoms with Gasteiger partial charge in [-0.3, -0.25) is 4.79 Å². The first-order valence-electron chi connectivity index (χ1n) is 10.1. The quantitative estimate of drug-likeness (QED) is 0.666. The number of carbonyl (C=O) groups is 1. The summed E-state index contributed by atoms with van der Waals surface area (Å²) < 4.78 is 27.4. The monoisotopic (exact) mass is 387 g/mol. The normalized spacial score (nSPS) is 16.5. The van der Waals surface area contributed by atoms with Gasteiger partial charge in [0.2, 0.25) is 5.91 Å². The Morgan fingerprint density at radius 3 is 2.46 bits per heavy atom. The van der Waals surface area contributed by atoms with Crippen LogP contribution in [0.2, 0.25) is 0 Å². The van der Waals surface area contributed by atoms with Crippen molar-refractivity contribution in [3.63, 3.8) is 0 Å². The van der Waals surface area contributed by atoms with Gasteiger partial charge in [0.25, 0.3) is 0 Å². The molecule has 2 aromatic carbocycles. The van der Waals surface area contributed by atoms with Gasteiger partial charge >= 0.3 is 0 Å². The molecule has 0 aromatic heterocycles. The van der Waals surface area contributed by atoms with Gasteiger partial charge in [0.1, 0.15) is 11.6 Å². The van der Waals surface area contributed by atoms with Crippen molar-refractivity contribution in [2.45, 2.75) is 50.9 Å². The molecule has 0 radical (unpaired) electrons. The lowest BCUT2D eigenvalue weighted by Gasteiger charge is -2.24. The number of hydrogen-bond acceptors (Lipinski definition) is 2. The van der Waals surface area contributed by atoms with Crippen LogP contribution in [-0.2, 0) is 4.79 Å². The van der Waals surface area contributed by atoms with Crippen molar-refractivity contribution in [2.24, 2.45) is 0 Å². The lowest BCUT2D eigenvalue weighted by molar-refractivity contribution is -0.118. The molecule has 28 heavy (non-hydrogen) atoms. The molecule has 0 bridgehead atoms. The summed E-state index contributed by atoms with van der Waals surface area (Å²) in [5.74, 6) is -0.622. The average Bonchev–Trinajstić information content (AvgIpc) is 2.87. The molecule has 1 amide bonds. The minimum Gasteiger partial charge on any atom is -0.396 e.